The van der Waals surface area contributed by atoms with Crippen LogP contribution in [0.1, 0.15) is 20.8 Å². The number of alkyl halides is 1. The van der Waals surface area contributed by atoms with Gasteiger partial charge in [0.25, 0.3) is 0 Å². The molecule has 0 aliphatic heterocycles. The Kier molecular flexibility index (Phi) is 3.72. The van der Waals surface area contributed by atoms with Gasteiger partial charge in [-0.05, 0) is 26.3 Å². The van der Waals surface area contributed by atoms with Gasteiger partial charge in [0.15, 0.2) is 5.67 Å². The lowest BCUT2D eigenvalue weighted by atomic mass is 9.97. The van der Waals surface area contributed by atoms with E-state index >= 15 is 0 Å². The fourth-order valence-corrected chi connectivity index (χ4v) is 0.775. The summed E-state index contributed by atoms with van der Waals surface area (Å²) in [6.07, 6.45) is 1.20. The monoisotopic (exact) mass is 184 g/mol. The maximum Gasteiger partial charge on any atom is 0.169 e. The van der Waals surface area contributed by atoms with Crippen molar-refractivity contribution in [1.82, 2.24) is 5.32 Å². The first-order valence-corrected chi connectivity index (χ1v) is 4.02. The summed E-state index contributed by atoms with van der Waals surface area (Å²) in [6, 6.07) is 0. The third-order valence-electron chi connectivity index (χ3n) is 1.82. The van der Waals surface area contributed by atoms with Gasteiger partial charge in [0, 0.05) is 11.9 Å². The van der Waals surface area contributed by atoms with Crippen LogP contribution in [0, 0.1) is 0 Å². The lowest BCUT2D eigenvalue weighted by molar-refractivity contribution is 0.279. The van der Waals surface area contributed by atoms with Crippen molar-refractivity contribution >= 4 is 0 Å². The molecule has 0 aromatic rings. The smallest absolute Gasteiger partial charge is 0.169 e. The van der Waals surface area contributed by atoms with E-state index < -0.39 is 5.67 Å². The molecule has 3 heteroatoms. The van der Waals surface area contributed by atoms with E-state index in [2.05, 4.69) is 18.5 Å². The van der Waals surface area contributed by atoms with Crippen molar-refractivity contribution < 1.29 is 4.39 Å². The van der Waals surface area contributed by atoms with Crippen molar-refractivity contribution in [3.63, 3.8) is 0 Å². The first-order valence-electron chi connectivity index (χ1n) is 4.02. The van der Waals surface area contributed by atoms with Gasteiger partial charge in [-0.25, -0.2) is 4.39 Å². The van der Waals surface area contributed by atoms with Crippen molar-refractivity contribution in [2.45, 2.75) is 26.4 Å². The van der Waals surface area contributed by atoms with Crippen molar-refractivity contribution in [3.8, 4) is 0 Å². The molecule has 3 N–H and O–H groups in total. The minimum absolute atomic E-state index is 0.271. The number of hydrogen-bond donors (Lipinski definition) is 2. The minimum atomic E-state index is -1.63. The second kappa shape index (κ2) is 4.12. The molecule has 74 valence electrons. The van der Waals surface area contributed by atoms with E-state index in [4.69, 9.17) is 5.73 Å². The van der Waals surface area contributed by atoms with Crippen LogP contribution in [0.25, 0.3) is 0 Å². The average Bonchev–Trinajstić information content (AvgIpc) is 1.99. The van der Waals surface area contributed by atoms with Gasteiger partial charge in [-0.15, -0.1) is 0 Å². The fourth-order valence-electron chi connectivity index (χ4n) is 0.775. The zero-order valence-electron chi connectivity index (χ0n) is 8.45. The van der Waals surface area contributed by atoms with E-state index in [0.717, 1.165) is 0 Å². The Morgan fingerprint density at radius 1 is 1.46 bits per heavy atom. The van der Waals surface area contributed by atoms with Crippen LogP contribution in [0.15, 0.2) is 36.3 Å². The summed E-state index contributed by atoms with van der Waals surface area (Å²) in [5.41, 5.74) is 4.98. The molecule has 0 aromatic heterocycles. The molecule has 0 aromatic carbocycles. The Morgan fingerprint density at radius 2 is 1.92 bits per heavy atom. The van der Waals surface area contributed by atoms with E-state index in [0.29, 0.717) is 11.3 Å². The molecule has 1 atom stereocenters. The summed E-state index contributed by atoms with van der Waals surface area (Å²) in [6.45, 7) is 11.9. The zero-order valence-corrected chi connectivity index (χ0v) is 8.45. The molecule has 0 heterocycles. The number of rotatable bonds is 4. The normalized spacial score (nSPS) is 16.2. The zero-order chi connectivity index (χ0) is 10.6. The largest absolute Gasteiger partial charge is 0.403 e. The van der Waals surface area contributed by atoms with E-state index in [-0.39, 0.29) is 5.70 Å². The second-order valence-corrected chi connectivity index (χ2v) is 3.27. The van der Waals surface area contributed by atoms with E-state index in [1.54, 1.807) is 13.8 Å². The average molecular weight is 184 g/mol. The van der Waals surface area contributed by atoms with Crippen LogP contribution >= 0.6 is 0 Å². The van der Waals surface area contributed by atoms with Crippen molar-refractivity contribution in [2.24, 2.45) is 5.73 Å². The Labute approximate surface area is 79.0 Å². The highest BCUT2D eigenvalue weighted by Gasteiger charge is 2.29. The Balaban J connectivity index is 4.79. The number of halogens is 1. The molecule has 13 heavy (non-hydrogen) atoms. The molecule has 0 saturated heterocycles. The van der Waals surface area contributed by atoms with Gasteiger partial charge in [-0.1, -0.05) is 13.2 Å². The predicted octanol–water partition coefficient (Wildman–Crippen LogP) is 2.21. The lowest BCUT2D eigenvalue weighted by Crippen LogP contribution is -2.32. The third-order valence-corrected chi connectivity index (χ3v) is 1.82. The SMILES string of the molecule is C=C(C)N/C(=C\N)C(C)(F)C(=C)C. The standard InChI is InChI=1S/C10H17FN2/c1-7(2)10(5,11)9(6-12)13-8(3)4/h6,13H,1,3,12H2,2,4-5H3/b9-6-. The van der Waals surface area contributed by atoms with Gasteiger partial charge in [0.1, 0.15) is 0 Å². The lowest BCUT2D eigenvalue weighted by Gasteiger charge is -2.25. The quantitative estimate of drug-likeness (QED) is 0.657. The molecular weight excluding hydrogens is 167 g/mol. The fraction of sp³-hybridized carbons (Fsp3) is 0.400. The van der Waals surface area contributed by atoms with Gasteiger partial charge in [0.2, 0.25) is 0 Å². The van der Waals surface area contributed by atoms with Crippen LogP contribution < -0.4 is 11.1 Å². The summed E-state index contributed by atoms with van der Waals surface area (Å²) >= 11 is 0. The summed E-state index contributed by atoms with van der Waals surface area (Å²) in [5, 5.41) is 2.76. The van der Waals surface area contributed by atoms with Crippen LogP contribution in [0.5, 0.6) is 0 Å². The first-order chi connectivity index (χ1) is 5.82. The summed E-state index contributed by atoms with van der Waals surface area (Å²) < 4.78 is 13.9. The minimum Gasteiger partial charge on any atom is -0.403 e. The summed E-state index contributed by atoms with van der Waals surface area (Å²) in [5.74, 6) is 0. The Morgan fingerprint density at radius 3 is 2.15 bits per heavy atom. The van der Waals surface area contributed by atoms with Crippen molar-refractivity contribution in [2.75, 3.05) is 0 Å². The van der Waals surface area contributed by atoms with Gasteiger partial charge < -0.3 is 11.1 Å². The van der Waals surface area contributed by atoms with Gasteiger partial charge >= 0.3 is 0 Å². The van der Waals surface area contributed by atoms with Crippen molar-refractivity contribution in [1.29, 1.82) is 0 Å². The molecule has 2 nitrogen and oxygen atoms in total. The molecule has 0 aliphatic carbocycles. The topological polar surface area (TPSA) is 38.0 Å². The highest BCUT2D eigenvalue weighted by Crippen LogP contribution is 2.26. The number of allylic oxidation sites excluding steroid dienone is 2. The molecular formula is C10H17FN2. The van der Waals surface area contributed by atoms with Gasteiger partial charge in [-0.3, -0.25) is 0 Å². The first kappa shape index (κ1) is 11.8. The Bertz CT molecular complexity index is 252. The molecule has 0 saturated carbocycles. The van der Waals surface area contributed by atoms with Crippen LogP contribution in [-0.4, -0.2) is 5.67 Å². The maximum atomic E-state index is 13.9. The van der Waals surface area contributed by atoms with Gasteiger partial charge in [0.05, 0.1) is 5.70 Å². The van der Waals surface area contributed by atoms with Crippen LogP contribution in [0.4, 0.5) is 4.39 Å². The molecule has 0 amide bonds. The second-order valence-electron chi connectivity index (χ2n) is 3.27. The van der Waals surface area contributed by atoms with Crippen molar-refractivity contribution in [3.05, 3.63) is 36.3 Å². The number of nitrogens with one attached hydrogen (secondary N) is 1. The number of hydrogen-bond acceptors (Lipinski definition) is 2. The third kappa shape index (κ3) is 2.93. The summed E-state index contributed by atoms with van der Waals surface area (Å²) in [7, 11) is 0. The van der Waals surface area contributed by atoms with Crippen LogP contribution in [-0.2, 0) is 0 Å². The maximum absolute atomic E-state index is 13.9. The predicted molar refractivity (Wildman–Crippen MR) is 54.5 cm³/mol. The summed E-state index contributed by atoms with van der Waals surface area (Å²) in [4.78, 5) is 0. The van der Waals surface area contributed by atoms with Crippen LogP contribution in [0.2, 0.25) is 0 Å². The van der Waals surface area contributed by atoms with Crippen LogP contribution in [0.3, 0.4) is 0 Å². The number of nitrogens with two attached hydrogens (primary N) is 1. The van der Waals surface area contributed by atoms with E-state index in [1.165, 1.54) is 13.1 Å². The van der Waals surface area contributed by atoms with E-state index in [1.807, 2.05) is 0 Å². The highest BCUT2D eigenvalue weighted by atomic mass is 19.1. The molecule has 0 bridgehead atoms. The van der Waals surface area contributed by atoms with E-state index in [9.17, 15) is 4.39 Å². The highest BCUT2D eigenvalue weighted by molar-refractivity contribution is 5.28. The molecule has 0 radical (unpaired) electrons. The van der Waals surface area contributed by atoms with Gasteiger partial charge in [-0.2, -0.15) is 0 Å². The Hall–Kier alpha value is -1.25. The molecule has 0 fully saturated rings. The molecule has 0 aliphatic rings. The molecule has 0 spiro atoms. The molecule has 0 rings (SSSR count). The molecule has 1 unspecified atom stereocenters.